The van der Waals surface area contributed by atoms with Gasteiger partial charge in [0.05, 0.1) is 23.7 Å². The summed E-state index contributed by atoms with van der Waals surface area (Å²) in [5.74, 6) is -0.692. The van der Waals surface area contributed by atoms with Crippen molar-refractivity contribution < 1.29 is 14.4 Å². The lowest BCUT2D eigenvalue weighted by atomic mass is 9.90. The minimum Gasteiger partial charge on any atom is -0.327 e. The second-order valence-electron chi connectivity index (χ2n) is 8.92. The van der Waals surface area contributed by atoms with Crippen LogP contribution in [-0.2, 0) is 14.4 Å². The van der Waals surface area contributed by atoms with Gasteiger partial charge in [-0.05, 0) is 42.5 Å². The number of carbonyl (C=O) groups excluding carboxylic acids is 3. The largest absolute Gasteiger partial charge is 0.327 e. The van der Waals surface area contributed by atoms with Gasteiger partial charge in [-0.25, -0.2) is 4.90 Å². The summed E-state index contributed by atoms with van der Waals surface area (Å²) in [6.07, 6.45) is 4.20. The molecule has 1 aliphatic heterocycles. The molecule has 148 valence electrons. The van der Waals surface area contributed by atoms with Gasteiger partial charge in [-0.1, -0.05) is 33.6 Å². The number of nitrogens with zero attached hydrogens (tertiary/aromatic N) is 3. The highest BCUT2D eigenvalue weighted by atomic mass is 16.2. The molecule has 1 saturated heterocycles. The molecule has 1 heterocycles. The second-order valence-corrected chi connectivity index (χ2v) is 8.92. The van der Waals surface area contributed by atoms with Crippen molar-refractivity contribution in [1.29, 1.82) is 5.26 Å². The van der Waals surface area contributed by atoms with Gasteiger partial charge in [-0.3, -0.25) is 14.4 Å². The van der Waals surface area contributed by atoms with E-state index in [1.54, 1.807) is 29.2 Å². The fourth-order valence-electron chi connectivity index (χ4n) is 4.15. The summed E-state index contributed by atoms with van der Waals surface area (Å²) in [7, 11) is 0. The molecule has 6 heteroatoms. The normalized spacial score (nSPS) is 20.5. The molecule has 3 rings (SSSR count). The second kappa shape index (κ2) is 7.75. The smallest absolute Gasteiger partial charge is 0.257 e. The van der Waals surface area contributed by atoms with Gasteiger partial charge in [-0.2, -0.15) is 5.26 Å². The lowest BCUT2D eigenvalue weighted by Gasteiger charge is -2.35. The van der Waals surface area contributed by atoms with Crippen LogP contribution in [0.25, 0.3) is 0 Å². The lowest BCUT2D eigenvalue weighted by molar-refractivity contribution is -0.142. The van der Waals surface area contributed by atoms with Gasteiger partial charge >= 0.3 is 0 Å². The number of nitriles is 1. The van der Waals surface area contributed by atoms with E-state index in [4.69, 9.17) is 5.26 Å². The summed E-state index contributed by atoms with van der Waals surface area (Å²) in [4.78, 5) is 41.9. The molecule has 0 aromatic heterocycles. The monoisotopic (exact) mass is 381 g/mol. The molecule has 1 unspecified atom stereocenters. The molecule has 1 saturated carbocycles. The van der Waals surface area contributed by atoms with Crippen molar-refractivity contribution in [2.75, 3.05) is 4.90 Å². The quantitative estimate of drug-likeness (QED) is 0.749. The molecule has 0 radical (unpaired) electrons. The number of hydrogen-bond acceptors (Lipinski definition) is 4. The summed E-state index contributed by atoms with van der Waals surface area (Å²) >= 11 is 0. The zero-order chi connectivity index (χ0) is 20.5. The first-order valence-electron chi connectivity index (χ1n) is 9.89. The SMILES string of the molecule is CC(C)(C)CC(=O)N(C1CCCC1)C1CC(=O)N(c2ccc(C#N)cc2)C1=O. The predicted octanol–water partition coefficient (Wildman–Crippen LogP) is 3.40. The topological polar surface area (TPSA) is 81.5 Å². The van der Waals surface area contributed by atoms with Crippen LogP contribution in [0.5, 0.6) is 0 Å². The third-order valence-electron chi connectivity index (χ3n) is 5.40. The van der Waals surface area contributed by atoms with E-state index in [9.17, 15) is 14.4 Å². The molecule has 0 spiro atoms. The Morgan fingerprint density at radius 3 is 2.32 bits per heavy atom. The molecule has 3 amide bonds. The minimum absolute atomic E-state index is 0.0191. The minimum atomic E-state index is -0.735. The number of amides is 3. The first-order valence-corrected chi connectivity index (χ1v) is 9.89. The molecule has 2 aliphatic rings. The number of benzene rings is 1. The van der Waals surface area contributed by atoms with Crippen molar-refractivity contribution in [2.45, 2.75) is 71.4 Å². The molecule has 2 fully saturated rings. The van der Waals surface area contributed by atoms with Crippen LogP contribution in [0.15, 0.2) is 24.3 Å². The van der Waals surface area contributed by atoms with E-state index in [0.29, 0.717) is 17.7 Å². The lowest BCUT2D eigenvalue weighted by Crippen LogP contribution is -2.50. The van der Waals surface area contributed by atoms with E-state index in [-0.39, 0.29) is 35.6 Å². The fourth-order valence-corrected chi connectivity index (χ4v) is 4.15. The average molecular weight is 381 g/mol. The Morgan fingerprint density at radius 2 is 1.79 bits per heavy atom. The van der Waals surface area contributed by atoms with Gasteiger partial charge in [0.25, 0.3) is 5.91 Å². The molecule has 1 atom stereocenters. The summed E-state index contributed by atoms with van der Waals surface area (Å²) in [6.45, 7) is 6.01. The zero-order valence-electron chi connectivity index (χ0n) is 16.8. The van der Waals surface area contributed by atoms with E-state index < -0.39 is 6.04 Å². The van der Waals surface area contributed by atoms with Crippen molar-refractivity contribution in [3.05, 3.63) is 29.8 Å². The Kier molecular flexibility index (Phi) is 5.55. The van der Waals surface area contributed by atoms with Gasteiger partial charge < -0.3 is 4.90 Å². The van der Waals surface area contributed by atoms with Gasteiger partial charge in [0.2, 0.25) is 11.8 Å². The highest BCUT2D eigenvalue weighted by Gasteiger charge is 2.47. The van der Waals surface area contributed by atoms with Gasteiger partial charge in [0, 0.05) is 12.5 Å². The predicted molar refractivity (Wildman–Crippen MR) is 105 cm³/mol. The third kappa shape index (κ3) is 4.09. The van der Waals surface area contributed by atoms with Crippen LogP contribution in [0.3, 0.4) is 0 Å². The number of hydrogen-bond donors (Lipinski definition) is 0. The Hall–Kier alpha value is -2.68. The average Bonchev–Trinajstić information content (AvgIpc) is 3.23. The van der Waals surface area contributed by atoms with Crippen molar-refractivity contribution in [3.8, 4) is 6.07 Å². The van der Waals surface area contributed by atoms with E-state index in [0.717, 1.165) is 30.6 Å². The van der Waals surface area contributed by atoms with Crippen LogP contribution in [0.1, 0.15) is 64.9 Å². The van der Waals surface area contributed by atoms with Gasteiger partial charge in [0.1, 0.15) is 6.04 Å². The third-order valence-corrected chi connectivity index (χ3v) is 5.40. The van der Waals surface area contributed by atoms with Crippen LogP contribution in [0.4, 0.5) is 5.69 Å². The maximum absolute atomic E-state index is 13.2. The van der Waals surface area contributed by atoms with E-state index in [1.807, 2.05) is 26.8 Å². The number of rotatable bonds is 4. The van der Waals surface area contributed by atoms with Crippen molar-refractivity contribution >= 4 is 23.4 Å². The molecule has 1 aromatic rings. The van der Waals surface area contributed by atoms with E-state index in [1.165, 1.54) is 0 Å². The van der Waals surface area contributed by atoms with Crippen LogP contribution >= 0.6 is 0 Å². The molecular weight excluding hydrogens is 354 g/mol. The van der Waals surface area contributed by atoms with E-state index >= 15 is 0 Å². The highest BCUT2D eigenvalue weighted by molar-refractivity contribution is 6.23. The molecule has 0 bridgehead atoms. The van der Waals surface area contributed by atoms with Crippen LogP contribution in [-0.4, -0.2) is 34.7 Å². The van der Waals surface area contributed by atoms with Gasteiger partial charge in [0.15, 0.2) is 0 Å². The number of anilines is 1. The van der Waals surface area contributed by atoms with E-state index in [2.05, 4.69) is 0 Å². The Balaban J connectivity index is 1.88. The van der Waals surface area contributed by atoms with Crippen molar-refractivity contribution in [1.82, 2.24) is 4.90 Å². The van der Waals surface area contributed by atoms with Crippen LogP contribution < -0.4 is 4.90 Å². The summed E-state index contributed by atoms with van der Waals surface area (Å²) < 4.78 is 0. The Bertz CT molecular complexity index is 811. The summed E-state index contributed by atoms with van der Waals surface area (Å²) in [6, 6.07) is 7.70. The Morgan fingerprint density at radius 1 is 1.18 bits per heavy atom. The maximum atomic E-state index is 13.2. The number of imide groups is 1. The summed E-state index contributed by atoms with van der Waals surface area (Å²) in [5, 5.41) is 8.95. The first kappa shape index (κ1) is 20.1. The molecule has 6 nitrogen and oxygen atoms in total. The molecular formula is C22H27N3O3. The first-order chi connectivity index (χ1) is 13.2. The molecule has 1 aliphatic carbocycles. The van der Waals surface area contributed by atoms with Crippen LogP contribution in [0, 0.1) is 16.7 Å². The van der Waals surface area contributed by atoms with Crippen molar-refractivity contribution in [2.24, 2.45) is 5.41 Å². The molecule has 28 heavy (non-hydrogen) atoms. The maximum Gasteiger partial charge on any atom is 0.257 e. The van der Waals surface area contributed by atoms with Crippen molar-refractivity contribution in [3.63, 3.8) is 0 Å². The number of carbonyl (C=O) groups is 3. The van der Waals surface area contributed by atoms with Crippen LogP contribution in [0.2, 0.25) is 0 Å². The highest BCUT2D eigenvalue weighted by Crippen LogP contribution is 2.33. The standard InChI is InChI=1S/C22H27N3O3/c1-22(2,3)13-20(27)24(16-6-4-5-7-16)18-12-19(26)25(21(18)28)17-10-8-15(14-23)9-11-17/h8-11,16,18H,4-7,12-13H2,1-3H3. The molecule has 1 aromatic carbocycles. The molecule has 0 N–H and O–H groups in total. The zero-order valence-corrected chi connectivity index (χ0v) is 16.8. The summed E-state index contributed by atoms with van der Waals surface area (Å²) in [5.41, 5.74) is 0.727. The Labute approximate surface area is 166 Å². The fraction of sp³-hybridized carbons (Fsp3) is 0.545. The van der Waals surface area contributed by atoms with Gasteiger partial charge in [-0.15, -0.1) is 0 Å².